The van der Waals surface area contributed by atoms with Crippen molar-refractivity contribution in [1.29, 1.82) is 0 Å². The zero-order valence-electron chi connectivity index (χ0n) is 11.6. The van der Waals surface area contributed by atoms with Gasteiger partial charge in [-0.1, -0.05) is 6.07 Å². The zero-order chi connectivity index (χ0) is 14.7. The van der Waals surface area contributed by atoms with Crippen molar-refractivity contribution >= 4 is 33.2 Å². The average Bonchev–Trinajstić information content (AvgIpc) is 2.41. The van der Waals surface area contributed by atoms with Crippen molar-refractivity contribution in [3.8, 4) is 0 Å². The molecule has 1 heterocycles. The Kier molecular flexibility index (Phi) is 4.39. The third-order valence-corrected chi connectivity index (χ3v) is 3.58. The summed E-state index contributed by atoms with van der Waals surface area (Å²) in [7, 11) is 3.96. The van der Waals surface area contributed by atoms with E-state index >= 15 is 0 Å². The summed E-state index contributed by atoms with van der Waals surface area (Å²) in [6.07, 6.45) is 1.64. The van der Waals surface area contributed by atoms with Crippen LogP contribution in [0.15, 0.2) is 41.1 Å². The molecule has 0 aliphatic rings. The summed E-state index contributed by atoms with van der Waals surface area (Å²) in [6.45, 7) is 2.04. The smallest absolute Gasteiger partial charge is 0.258 e. The minimum absolute atomic E-state index is 0.182. The Balaban J connectivity index is 2.25. The Hall–Kier alpha value is -1.88. The highest BCUT2D eigenvalue weighted by Crippen LogP contribution is 2.23. The molecular formula is C15H16BrN3O. The van der Waals surface area contributed by atoms with Gasteiger partial charge in [0, 0.05) is 31.7 Å². The van der Waals surface area contributed by atoms with Gasteiger partial charge >= 0.3 is 0 Å². The predicted molar refractivity (Wildman–Crippen MR) is 85.4 cm³/mol. The fourth-order valence-corrected chi connectivity index (χ4v) is 2.35. The Labute approximate surface area is 127 Å². The van der Waals surface area contributed by atoms with Gasteiger partial charge in [-0.15, -0.1) is 0 Å². The highest BCUT2D eigenvalue weighted by atomic mass is 79.9. The predicted octanol–water partition coefficient (Wildman–Crippen LogP) is 3.47. The fourth-order valence-electron chi connectivity index (χ4n) is 1.92. The number of benzene rings is 1. The van der Waals surface area contributed by atoms with E-state index in [4.69, 9.17) is 0 Å². The largest absolute Gasteiger partial charge is 0.377 e. The molecule has 20 heavy (non-hydrogen) atoms. The molecule has 2 aromatic rings. The number of halogens is 1. The molecule has 0 radical (unpaired) electrons. The van der Waals surface area contributed by atoms with E-state index in [9.17, 15) is 4.79 Å². The first-order valence-electron chi connectivity index (χ1n) is 6.19. The zero-order valence-corrected chi connectivity index (χ0v) is 13.2. The molecule has 1 aromatic carbocycles. The molecule has 4 nitrogen and oxygen atoms in total. The van der Waals surface area contributed by atoms with Gasteiger partial charge < -0.3 is 10.2 Å². The van der Waals surface area contributed by atoms with Crippen LogP contribution in [0.25, 0.3) is 0 Å². The van der Waals surface area contributed by atoms with Crippen molar-refractivity contribution in [2.75, 3.05) is 24.3 Å². The van der Waals surface area contributed by atoms with Gasteiger partial charge in [0.15, 0.2) is 0 Å². The Morgan fingerprint density at radius 2 is 2.05 bits per heavy atom. The summed E-state index contributed by atoms with van der Waals surface area (Å²) in [6, 6.07) is 9.30. The van der Waals surface area contributed by atoms with E-state index in [1.807, 2.05) is 44.1 Å². The number of amides is 1. The van der Waals surface area contributed by atoms with Crippen molar-refractivity contribution in [3.63, 3.8) is 0 Å². The van der Waals surface area contributed by atoms with E-state index in [0.29, 0.717) is 10.2 Å². The first kappa shape index (κ1) is 14.5. The third kappa shape index (κ3) is 3.17. The second-order valence-corrected chi connectivity index (χ2v) is 5.44. The van der Waals surface area contributed by atoms with Gasteiger partial charge in [-0.05, 0) is 52.7 Å². The molecule has 0 aliphatic heterocycles. The number of nitrogens with zero attached hydrogens (tertiary/aromatic N) is 2. The van der Waals surface area contributed by atoms with E-state index < -0.39 is 0 Å². The first-order chi connectivity index (χ1) is 9.49. The minimum atomic E-state index is -0.182. The van der Waals surface area contributed by atoms with Crippen LogP contribution in [0.4, 0.5) is 11.4 Å². The molecule has 0 unspecified atom stereocenters. The number of aryl methyl sites for hydroxylation is 1. The molecule has 5 heteroatoms. The van der Waals surface area contributed by atoms with Crippen molar-refractivity contribution in [1.82, 2.24) is 4.98 Å². The van der Waals surface area contributed by atoms with Crippen LogP contribution in [0.3, 0.4) is 0 Å². The second-order valence-electron chi connectivity index (χ2n) is 4.69. The molecule has 0 spiro atoms. The van der Waals surface area contributed by atoms with Crippen LogP contribution in [0.5, 0.6) is 0 Å². The highest BCUT2D eigenvalue weighted by molar-refractivity contribution is 9.10. The molecule has 0 bridgehead atoms. The van der Waals surface area contributed by atoms with Crippen molar-refractivity contribution in [3.05, 3.63) is 52.3 Å². The van der Waals surface area contributed by atoms with Crippen LogP contribution in [-0.4, -0.2) is 25.0 Å². The van der Waals surface area contributed by atoms with Crippen molar-refractivity contribution in [2.45, 2.75) is 6.92 Å². The first-order valence-corrected chi connectivity index (χ1v) is 6.98. The number of aromatic nitrogens is 1. The average molecular weight is 334 g/mol. The van der Waals surface area contributed by atoms with Gasteiger partial charge in [0.25, 0.3) is 5.91 Å². The number of hydrogen-bond acceptors (Lipinski definition) is 3. The molecule has 1 aromatic heterocycles. The number of rotatable bonds is 3. The molecule has 0 aliphatic carbocycles. The SMILES string of the molecule is Cc1ccc(NC(=O)c2cccnc2Br)cc1N(C)C. The fraction of sp³-hybridized carbons (Fsp3) is 0.200. The van der Waals surface area contributed by atoms with Crippen molar-refractivity contribution < 1.29 is 4.79 Å². The van der Waals surface area contributed by atoms with Crippen LogP contribution in [-0.2, 0) is 0 Å². The number of anilines is 2. The van der Waals surface area contributed by atoms with Gasteiger partial charge in [0.1, 0.15) is 4.60 Å². The summed E-state index contributed by atoms with van der Waals surface area (Å²) >= 11 is 3.28. The molecule has 1 amide bonds. The van der Waals surface area contributed by atoms with Crippen LogP contribution < -0.4 is 10.2 Å². The van der Waals surface area contributed by atoms with E-state index in [1.165, 1.54) is 0 Å². The molecule has 2 rings (SSSR count). The maximum Gasteiger partial charge on any atom is 0.258 e. The summed E-state index contributed by atoms with van der Waals surface area (Å²) < 4.78 is 0.539. The Morgan fingerprint density at radius 1 is 1.30 bits per heavy atom. The summed E-state index contributed by atoms with van der Waals surface area (Å²) in [5.74, 6) is -0.182. The maximum atomic E-state index is 12.2. The lowest BCUT2D eigenvalue weighted by Crippen LogP contribution is -2.15. The number of carbonyl (C=O) groups excluding carboxylic acids is 1. The monoisotopic (exact) mass is 333 g/mol. The highest BCUT2D eigenvalue weighted by Gasteiger charge is 2.11. The minimum Gasteiger partial charge on any atom is -0.377 e. The van der Waals surface area contributed by atoms with Crippen LogP contribution in [0.1, 0.15) is 15.9 Å². The number of pyridine rings is 1. The van der Waals surface area contributed by atoms with E-state index in [-0.39, 0.29) is 5.91 Å². The second kappa shape index (κ2) is 6.05. The lowest BCUT2D eigenvalue weighted by Gasteiger charge is -2.17. The number of carbonyl (C=O) groups is 1. The van der Waals surface area contributed by atoms with E-state index in [2.05, 4.69) is 26.2 Å². The third-order valence-electron chi connectivity index (χ3n) is 2.95. The molecule has 0 fully saturated rings. The van der Waals surface area contributed by atoms with Gasteiger partial charge in [0.2, 0.25) is 0 Å². The standard InChI is InChI=1S/C15H16BrN3O/c1-10-6-7-11(9-13(10)19(2)3)18-15(20)12-5-4-8-17-14(12)16/h4-9H,1-3H3,(H,18,20). The van der Waals surface area contributed by atoms with Crippen LogP contribution >= 0.6 is 15.9 Å². The maximum absolute atomic E-state index is 12.2. The topological polar surface area (TPSA) is 45.2 Å². The summed E-state index contributed by atoms with van der Waals surface area (Å²) in [5, 5.41) is 2.89. The lowest BCUT2D eigenvalue weighted by atomic mass is 10.1. The van der Waals surface area contributed by atoms with Crippen molar-refractivity contribution in [2.24, 2.45) is 0 Å². The van der Waals surface area contributed by atoms with Gasteiger partial charge in [-0.25, -0.2) is 4.98 Å². The molecule has 1 N–H and O–H groups in total. The van der Waals surface area contributed by atoms with Crippen LogP contribution in [0.2, 0.25) is 0 Å². The van der Waals surface area contributed by atoms with E-state index in [1.54, 1.807) is 18.3 Å². The Bertz CT molecular complexity index is 641. The molecule has 104 valence electrons. The van der Waals surface area contributed by atoms with Crippen LogP contribution in [0, 0.1) is 6.92 Å². The number of nitrogens with one attached hydrogen (secondary N) is 1. The molecule has 0 saturated carbocycles. The van der Waals surface area contributed by atoms with Gasteiger partial charge in [0.05, 0.1) is 5.56 Å². The quantitative estimate of drug-likeness (QED) is 0.874. The molecule has 0 atom stereocenters. The lowest BCUT2D eigenvalue weighted by molar-refractivity contribution is 0.102. The number of hydrogen-bond donors (Lipinski definition) is 1. The summed E-state index contributed by atoms with van der Waals surface area (Å²) in [4.78, 5) is 18.3. The molecule has 0 saturated heterocycles. The van der Waals surface area contributed by atoms with Gasteiger partial charge in [-0.3, -0.25) is 4.79 Å². The molecular weight excluding hydrogens is 318 g/mol. The Morgan fingerprint density at radius 3 is 2.70 bits per heavy atom. The van der Waals surface area contributed by atoms with Gasteiger partial charge in [-0.2, -0.15) is 0 Å². The van der Waals surface area contributed by atoms with E-state index in [0.717, 1.165) is 16.9 Å². The summed E-state index contributed by atoms with van der Waals surface area (Å²) in [5.41, 5.74) is 3.52. The normalized spacial score (nSPS) is 10.2.